The fraction of sp³-hybridized carbons (Fsp3) is 0.400. The largest absolute Gasteiger partial charge is 0.496 e. The molecular weight excluding hydrogens is 348 g/mol. The third-order valence-electron chi connectivity index (χ3n) is 5.10. The number of nitrogens with zero attached hydrogens (tertiary/aromatic N) is 1. The Morgan fingerprint density at radius 3 is 2.58 bits per heavy atom. The van der Waals surface area contributed by atoms with E-state index in [-0.39, 0.29) is 6.04 Å². The highest BCUT2D eigenvalue weighted by atomic mass is 32.2. The Morgan fingerprint density at radius 1 is 1.19 bits per heavy atom. The van der Waals surface area contributed by atoms with Crippen molar-refractivity contribution in [3.8, 4) is 5.75 Å². The molecule has 2 aromatic rings. The second kappa shape index (κ2) is 7.78. The molecule has 2 atom stereocenters. The van der Waals surface area contributed by atoms with E-state index >= 15 is 0 Å². The predicted octanol–water partition coefficient (Wildman–Crippen LogP) is 2.97. The van der Waals surface area contributed by atoms with Crippen LogP contribution >= 0.6 is 0 Å². The summed E-state index contributed by atoms with van der Waals surface area (Å²) in [6.45, 7) is 0.858. The van der Waals surface area contributed by atoms with Gasteiger partial charge in [0.1, 0.15) is 5.75 Å². The highest BCUT2D eigenvalue weighted by molar-refractivity contribution is 7.90. The quantitative estimate of drug-likeness (QED) is 0.815. The molecular formula is C20H26N2O3S. The summed E-state index contributed by atoms with van der Waals surface area (Å²) >= 11 is 0. The van der Waals surface area contributed by atoms with Gasteiger partial charge in [0.2, 0.25) is 0 Å². The monoisotopic (exact) mass is 374 g/mol. The smallest absolute Gasteiger partial charge is 0.175 e. The Morgan fingerprint density at radius 2 is 1.92 bits per heavy atom. The Balaban J connectivity index is 1.95. The topological polar surface area (TPSA) is 72.6 Å². The SMILES string of the molecule is COc1ccc(S(C)(=O)=O)cc1CC1CCCN(N)C1c1ccccc1. The van der Waals surface area contributed by atoms with Gasteiger partial charge in [0.25, 0.3) is 0 Å². The first-order chi connectivity index (χ1) is 12.4. The summed E-state index contributed by atoms with van der Waals surface area (Å²) in [7, 11) is -1.64. The van der Waals surface area contributed by atoms with Crippen LogP contribution in [0.4, 0.5) is 0 Å². The van der Waals surface area contributed by atoms with Gasteiger partial charge in [-0.3, -0.25) is 5.84 Å². The molecule has 5 nitrogen and oxygen atoms in total. The second-order valence-electron chi connectivity index (χ2n) is 6.95. The van der Waals surface area contributed by atoms with Gasteiger partial charge in [-0.25, -0.2) is 13.4 Å². The van der Waals surface area contributed by atoms with Crippen molar-refractivity contribution in [2.75, 3.05) is 19.9 Å². The lowest BCUT2D eigenvalue weighted by Gasteiger charge is -2.39. The van der Waals surface area contributed by atoms with Crippen LogP contribution in [0.3, 0.4) is 0 Å². The molecule has 1 heterocycles. The minimum absolute atomic E-state index is 0.108. The van der Waals surface area contributed by atoms with E-state index in [4.69, 9.17) is 10.6 Å². The van der Waals surface area contributed by atoms with Crippen LogP contribution in [0, 0.1) is 5.92 Å². The van der Waals surface area contributed by atoms with Crippen molar-refractivity contribution in [1.29, 1.82) is 0 Å². The first-order valence-electron chi connectivity index (χ1n) is 8.83. The molecule has 26 heavy (non-hydrogen) atoms. The number of benzene rings is 2. The summed E-state index contributed by atoms with van der Waals surface area (Å²) in [5.41, 5.74) is 2.11. The summed E-state index contributed by atoms with van der Waals surface area (Å²) in [6, 6.07) is 15.5. The Bertz CT molecular complexity index is 853. The maximum atomic E-state index is 11.9. The first kappa shape index (κ1) is 18.9. The van der Waals surface area contributed by atoms with Gasteiger partial charge < -0.3 is 4.74 Å². The molecule has 0 bridgehead atoms. The number of rotatable bonds is 5. The lowest BCUT2D eigenvalue weighted by atomic mass is 9.81. The third-order valence-corrected chi connectivity index (χ3v) is 6.21. The van der Waals surface area contributed by atoms with Gasteiger partial charge in [0, 0.05) is 12.8 Å². The molecule has 0 saturated carbocycles. The van der Waals surface area contributed by atoms with Crippen molar-refractivity contribution in [1.82, 2.24) is 5.01 Å². The average Bonchev–Trinajstić information content (AvgIpc) is 2.62. The molecule has 0 amide bonds. The zero-order chi connectivity index (χ0) is 18.7. The molecule has 2 aromatic carbocycles. The van der Waals surface area contributed by atoms with Gasteiger partial charge in [-0.2, -0.15) is 0 Å². The first-order valence-corrected chi connectivity index (χ1v) is 10.7. The van der Waals surface area contributed by atoms with E-state index in [1.54, 1.807) is 25.3 Å². The van der Waals surface area contributed by atoms with Crippen LogP contribution < -0.4 is 10.6 Å². The molecule has 140 valence electrons. The Kier molecular flexibility index (Phi) is 5.65. The van der Waals surface area contributed by atoms with Crippen molar-refractivity contribution in [2.24, 2.45) is 11.8 Å². The van der Waals surface area contributed by atoms with Crippen molar-refractivity contribution in [2.45, 2.75) is 30.2 Å². The lowest BCUT2D eigenvalue weighted by molar-refractivity contribution is 0.0922. The maximum Gasteiger partial charge on any atom is 0.175 e. The Hall–Kier alpha value is -1.89. The van der Waals surface area contributed by atoms with Crippen molar-refractivity contribution in [3.63, 3.8) is 0 Å². The van der Waals surface area contributed by atoms with Gasteiger partial charge in [-0.05, 0) is 54.5 Å². The molecule has 0 aromatic heterocycles. The number of hydrogen-bond acceptors (Lipinski definition) is 5. The molecule has 0 spiro atoms. The van der Waals surface area contributed by atoms with Crippen LogP contribution in [-0.2, 0) is 16.3 Å². The van der Waals surface area contributed by atoms with Crippen molar-refractivity contribution < 1.29 is 13.2 Å². The molecule has 2 N–H and O–H groups in total. The van der Waals surface area contributed by atoms with Gasteiger partial charge in [0.05, 0.1) is 18.0 Å². The molecule has 0 radical (unpaired) electrons. The minimum Gasteiger partial charge on any atom is -0.496 e. The van der Waals surface area contributed by atoms with Crippen molar-refractivity contribution in [3.05, 3.63) is 59.7 Å². The van der Waals surface area contributed by atoms with Gasteiger partial charge in [-0.15, -0.1) is 0 Å². The van der Waals surface area contributed by atoms with Crippen LogP contribution in [0.2, 0.25) is 0 Å². The zero-order valence-electron chi connectivity index (χ0n) is 15.3. The Labute approximate surface area is 155 Å². The molecule has 0 aliphatic carbocycles. The standard InChI is InChI=1S/C20H26N2O3S/c1-25-19-11-10-18(26(2,23)24)14-17(19)13-16-9-6-12-22(21)20(16)15-7-4-3-5-8-15/h3-5,7-8,10-11,14,16,20H,6,9,12-13,21H2,1-2H3. The number of sulfone groups is 1. The molecule has 6 heteroatoms. The average molecular weight is 375 g/mol. The number of nitrogens with two attached hydrogens (primary N) is 1. The molecule has 1 saturated heterocycles. The van der Waals surface area contributed by atoms with E-state index in [0.29, 0.717) is 10.8 Å². The van der Waals surface area contributed by atoms with E-state index < -0.39 is 9.84 Å². The van der Waals surface area contributed by atoms with Gasteiger partial charge >= 0.3 is 0 Å². The van der Waals surface area contributed by atoms with E-state index in [1.807, 2.05) is 23.2 Å². The fourth-order valence-corrected chi connectivity index (χ4v) is 4.53. The molecule has 1 aliphatic rings. The van der Waals surface area contributed by atoms with E-state index in [0.717, 1.165) is 37.1 Å². The molecule has 1 fully saturated rings. The van der Waals surface area contributed by atoms with Crippen LogP contribution in [-0.4, -0.2) is 33.3 Å². The molecule has 2 unspecified atom stereocenters. The van der Waals surface area contributed by atoms with Crippen molar-refractivity contribution >= 4 is 9.84 Å². The fourth-order valence-electron chi connectivity index (χ4n) is 3.86. The summed E-state index contributed by atoms with van der Waals surface area (Å²) in [5, 5.41) is 1.91. The summed E-state index contributed by atoms with van der Waals surface area (Å²) in [6.07, 6.45) is 4.02. The van der Waals surface area contributed by atoms with Crippen LogP contribution in [0.25, 0.3) is 0 Å². The maximum absolute atomic E-state index is 11.9. The van der Waals surface area contributed by atoms with Crippen LogP contribution in [0.15, 0.2) is 53.4 Å². The van der Waals surface area contributed by atoms with Gasteiger partial charge in [-0.1, -0.05) is 30.3 Å². The third kappa shape index (κ3) is 4.09. The number of methoxy groups -OCH3 is 1. The summed E-state index contributed by atoms with van der Waals surface area (Å²) in [4.78, 5) is 0.324. The number of hydrazine groups is 1. The van der Waals surface area contributed by atoms with Crippen LogP contribution in [0.1, 0.15) is 30.0 Å². The zero-order valence-corrected chi connectivity index (χ0v) is 16.1. The van der Waals surface area contributed by atoms with E-state index in [9.17, 15) is 8.42 Å². The second-order valence-corrected chi connectivity index (χ2v) is 8.96. The van der Waals surface area contributed by atoms with E-state index in [2.05, 4.69) is 12.1 Å². The highest BCUT2D eigenvalue weighted by Crippen LogP contribution is 2.38. The number of ether oxygens (including phenoxy) is 1. The summed E-state index contributed by atoms with van der Waals surface area (Å²) < 4.78 is 29.4. The lowest BCUT2D eigenvalue weighted by Crippen LogP contribution is -2.44. The van der Waals surface area contributed by atoms with Crippen LogP contribution in [0.5, 0.6) is 5.75 Å². The number of piperidine rings is 1. The minimum atomic E-state index is -3.26. The van der Waals surface area contributed by atoms with Gasteiger partial charge in [0.15, 0.2) is 9.84 Å². The summed E-state index contributed by atoms with van der Waals surface area (Å²) in [5.74, 6) is 7.34. The highest BCUT2D eigenvalue weighted by Gasteiger charge is 2.31. The van der Waals surface area contributed by atoms with E-state index in [1.165, 1.54) is 11.8 Å². The number of hydrogen-bond donors (Lipinski definition) is 1. The normalized spacial score (nSPS) is 21.5. The molecule has 1 aliphatic heterocycles. The predicted molar refractivity (Wildman–Crippen MR) is 103 cm³/mol. The molecule has 3 rings (SSSR count).